The summed E-state index contributed by atoms with van der Waals surface area (Å²) in [6.07, 6.45) is 0.590. The standard InChI is InChI=1S/C19H22N2O2/c1-14-10-15(2)12-17(11-14)21-19(23)13-18(22)20-9-8-16-6-4-3-5-7-16/h3-7,10-12H,8-9,13H2,1-2H3,(H,20,22)(H,21,23). The first kappa shape index (κ1) is 16.7. The van der Waals surface area contributed by atoms with Gasteiger partial charge in [0.15, 0.2) is 0 Å². The lowest BCUT2D eigenvalue weighted by Crippen LogP contribution is -2.29. The van der Waals surface area contributed by atoms with Crippen LogP contribution in [0.15, 0.2) is 48.5 Å². The Morgan fingerprint density at radius 3 is 2.22 bits per heavy atom. The molecule has 0 atom stereocenters. The van der Waals surface area contributed by atoms with Crippen molar-refractivity contribution >= 4 is 17.5 Å². The summed E-state index contributed by atoms with van der Waals surface area (Å²) in [7, 11) is 0. The van der Waals surface area contributed by atoms with Gasteiger partial charge in [0.25, 0.3) is 0 Å². The van der Waals surface area contributed by atoms with Crippen molar-refractivity contribution < 1.29 is 9.59 Å². The third-order valence-corrected chi connectivity index (χ3v) is 3.41. The molecule has 0 saturated carbocycles. The van der Waals surface area contributed by atoms with Gasteiger partial charge in [0.1, 0.15) is 6.42 Å². The van der Waals surface area contributed by atoms with Gasteiger partial charge in [-0.1, -0.05) is 36.4 Å². The van der Waals surface area contributed by atoms with E-state index in [9.17, 15) is 9.59 Å². The van der Waals surface area contributed by atoms with Crippen molar-refractivity contribution in [2.45, 2.75) is 26.7 Å². The highest BCUT2D eigenvalue weighted by Crippen LogP contribution is 2.13. The van der Waals surface area contributed by atoms with Gasteiger partial charge in [-0.05, 0) is 49.1 Å². The number of amides is 2. The number of hydrogen-bond acceptors (Lipinski definition) is 2. The quantitative estimate of drug-likeness (QED) is 0.806. The van der Waals surface area contributed by atoms with Crippen LogP contribution in [0.4, 0.5) is 5.69 Å². The number of aryl methyl sites for hydroxylation is 2. The lowest BCUT2D eigenvalue weighted by Gasteiger charge is -2.08. The number of anilines is 1. The van der Waals surface area contributed by atoms with Crippen molar-refractivity contribution in [2.24, 2.45) is 0 Å². The third kappa shape index (κ3) is 5.94. The molecule has 0 fully saturated rings. The molecular formula is C19H22N2O2. The van der Waals surface area contributed by atoms with E-state index in [0.717, 1.165) is 28.8 Å². The normalized spacial score (nSPS) is 10.2. The van der Waals surface area contributed by atoms with E-state index in [2.05, 4.69) is 10.6 Å². The molecule has 0 radical (unpaired) electrons. The summed E-state index contributed by atoms with van der Waals surface area (Å²) >= 11 is 0. The molecular weight excluding hydrogens is 288 g/mol. The Balaban J connectivity index is 1.75. The summed E-state index contributed by atoms with van der Waals surface area (Å²) in [5, 5.41) is 5.53. The molecule has 4 nitrogen and oxygen atoms in total. The Hall–Kier alpha value is -2.62. The van der Waals surface area contributed by atoms with Crippen LogP contribution in [0, 0.1) is 13.8 Å². The second-order valence-corrected chi connectivity index (χ2v) is 5.69. The van der Waals surface area contributed by atoms with Crippen LogP contribution in [0.1, 0.15) is 23.1 Å². The van der Waals surface area contributed by atoms with Crippen molar-refractivity contribution in [3.63, 3.8) is 0 Å². The molecule has 120 valence electrons. The van der Waals surface area contributed by atoms with Crippen LogP contribution in [0.5, 0.6) is 0 Å². The maximum absolute atomic E-state index is 11.9. The summed E-state index contributed by atoms with van der Waals surface area (Å²) in [5.74, 6) is -0.560. The largest absolute Gasteiger partial charge is 0.355 e. The molecule has 0 unspecified atom stereocenters. The number of nitrogens with one attached hydrogen (secondary N) is 2. The number of hydrogen-bond donors (Lipinski definition) is 2. The van der Waals surface area contributed by atoms with Crippen LogP contribution < -0.4 is 10.6 Å². The summed E-state index contributed by atoms with van der Waals surface area (Å²) in [5.41, 5.74) is 4.04. The number of carbonyl (C=O) groups is 2. The van der Waals surface area contributed by atoms with E-state index in [0.29, 0.717) is 6.54 Å². The van der Waals surface area contributed by atoms with Crippen molar-refractivity contribution in [3.05, 3.63) is 65.2 Å². The molecule has 2 aromatic rings. The first-order valence-corrected chi connectivity index (χ1v) is 7.72. The summed E-state index contributed by atoms with van der Waals surface area (Å²) in [4.78, 5) is 23.7. The van der Waals surface area contributed by atoms with Crippen molar-refractivity contribution in [2.75, 3.05) is 11.9 Å². The van der Waals surface area contributed by atoms with E-state index < -0.39 is 0 Å². The van der Waals surface area contributed by atoms with E-state index in [4.69, 9.17) is 0 Å². The molecule has 0 saturated heterocycles. The fraction of sp³-hybridized carbons (Fsp3) is 0.263. The Morgan fingerprint density at radius 2 is 1.57 bits per heavy atom. The minimum Gasteiger partial charge on any atom is -0.355 e. The maximum Gasteiger partial charge on any atom is 0.233 e. The topological polar surface area (TPSA) is 58.2 Å². The molecule has 0 aliphatic rings. The molecule has 2 rings (SSSR count). The first-order valence-electron chi connectivity index (χ1n) is 7.72. The van der Waals surface area contributed by atoms with Crippen LogP contribution in [0.3, 0.4) is 0 Å². The molecule has 2 N–H and O–H groups in total. The Morgan fingerprint density at radius 1 is 0.913 bits per heavy atom. The third-order valence-electron chi connectivity index (χ3n) is 3.41. The predicted molar refractivity (Wildman–Crippen MR) is 92.3 cm³/mol. The van der Waals surface area contributed by atoms with Gasteiger partial charge in [0.2, 0.25) is 11.8 Å². The zero-order chi connectivity index (χ0) is 16.7. The molecule has 0 spiro atoms. The molecule has 23 heavy (non-hydrogen) atoms. The van der Waals surface area contributed by atoms with Crippen LogP contribution in [0.2, 0.25) is 0 Å². The molecule has 0 aliphatic heterocycles. The van der Waals surface area contributed by atoms with Crippen molar-refractivity contribution in [1.82, 2.24) is 5.32 Å². The Labute approximate surface area is 136 Å². The Bertz CT molecular complexity index is 661. The van der Waals surface area contributed by atoms with Gasteiger partial charge in [-0.2, -0.15) is 0 Å². The van der Waals surface area contributed by atoms with E-state index in [1.165, 1.54) is 0 Å². The van der Waals surface area contributed by atoms with Gasteiger partial charge in [-0.3, -0.25) is 9.59 Å². The molecule has 0 aromatic heterocycles. The zero-order valence-electron chi connectivity index (χ0n) is 13.6. The predicted octanol–water partition coefficient (Wildman–Crippen LogP) is 2.99. The summed E-state index contributed by atoms with van der Waals surface area (Å²) < 4.78 is 0. The van der Waals surface area contributed by atoms with Crippen LogP contribution in [-0.4, -0.2) is 18.4 Å². The molecule has 0 heterocycles. The highest BCUT2D eigenvalue weighted by Gasteiger charge is 2.09. The molecule has 2 aromatic carbocycles. The smallest absolute Gasteiger partial charge is 0.233 e. The lowest BCUT2D eigenvalue weighted by atomic mass is 10.1. The highest BCUT2D eigenvalue weighted by atomic mass is 16.2. The lowest BCUT2D eigenvalue weighted by molar-refractivity contribution is -0.126. The fourth-order valence-electron chi connectivity index (χ4n) is 2.45. The SMILES string of the molecule is Cc1cc(C)cc(NC(=O)CC(=O)NCCc2ccccc2)c1. The van der Waals surface area contributed by atoms with Gasteiger partial charge < -0.3 is 10.6 Å². The van der Waals surface area contributed by atoms with Crippen LogP contribution >= 0.6 is 0 Å². The van der Waals surface area contributed by atoms with Gasteiger partial charge in [0, 0.05) is 12.2 Å². The van der Waals surface area contributed by atoms with Gasteiger partial charge in [-0.15, -0.1) is 0 Å². The number of rotatable bonds is 6. The van der Waals surface area contributed by atoms with Crippen LogP contribution in [0.25, 0.3) is 0 Å². The van der Waals surface area contributed by atoms with E-state index in [1.807, 2.05) is 62.4 Å². The second kappa shape index (κ2) is 8.13. The fourth-order valence-corrected chi connectivity index (χ4v) is 2.45. The molecule has 4 heteroatoms. The minimum atomic E-state index is -0.299. The van der Waals surface area contributed by atoms with E-state index >= 15 is 0 Å². The van der Waals surface area contributed by atoms with Gasteiger partial charge >= 0.3 is 0 Å². The number of carbonyl (C=O) groups excluding carboxylic acids is 2. The highest BCUT2D eigenvalue weighted by molar-refractivity contribution is 6.03. The Kier molecular flexibility index (Phi) is 5.92. The molecule has 2 amide bonds. The summed E-state index contributed by atoms with van der Waals surface area (Å²) in [6, 6.07) is 15.7. The van der Waals surface area contributed by atoms with Crippen molar-refractivity contribution in [1.29, 1.82) is 0 Å². The van der Waals surface area contributed by atoms with Gasteiger partial charge in [0.05, 0.1) is 0 Å². The minimum absolute atomic E-state index is 0.165. The second-order valence-electron chi connectivity index (χ2n) is 5.69. The maximum atomic E-state index is 11.9. The van der Waals surface area contributed by atoms with E-state index in [-0.39, 0.29) is 18.2 Å². The van der Waals surface area contributed by atoms with Crippen LogP contribution in [-0.2, 0) is 16.0 Å². The van der Waals surface area contributed by atoms with Crippen molar-refractivity contribution in [3.8, 4) is 0 Å². The molecule has 0 bridgehead atoms. The monoisotopic (exact) mass is 310 g/mol. The zero-order valence-corrected chi connectivity index (χ0v) is 13.6. The molecule has 0 aliphatic carbocycles. The average Bonchev–Trinajstić information content (AvgIpc) is 2.47. The average molecular weight is 310 g/mol. The number of benzene rings is 2. The van der Waals surface area contributed by atoms with E-state index in [1.54, 1.807) is 0 Å². The van der Waals surface area contributed by atoms with Gasteiger partial charge in [-0.25, -0.2) is 0 Å². The summed E-state index contributed by atoms with van der Waals surface area (Å²) in [6.45, 7) is 4.47. The first-order chi connectivity index (χ1) is 11.0.